The van der Waals surface area contributed by atoms with Gasteiger partial charge in [0, 0.05) is 18.8 Å². The average Bonchev–Trinajstić information content (AvgIpc) is 2.61. The van der Waals surface area contributed by atoms with Crippen molar-refractivity contribution in [2.24, 2.45) is 0 Å². The van der Waals surface area contributed by atoms with Crippen LogP contribution in [0.3, 0.4) is 0 Å². The summed E-state index contributed by atoms with van der Waals surface area (Å²) in [5.74, 6) is 0. The highest BCUT2D eigenvalue weighted by atomic mass is 35.5. The zero-order chi connectivity index (χ0) is 12.4. The fourth-order valence-corrected chi connectivity index (χ4v) is 2.96. The number of anilines is 1. The summed E-state index contributed by atoms with van der Waals surface area (Å²) >= 11 is 6.17. The van der Waals surface area contributed by atoms with E-state index in [1.54, 1.807) is 0 Å². The van der Waals surface area contributed by atoms with E-state index in [-0.39, 0.29) is 11.8 Å². The quantitative estimate of drug-likeness (QED) is 0.522. The summed E-state index contributed by atoms with van der Waals surface area (Å²) in [7, 11) is 0. The van der Waals surface area contributed by atoms with E-state index in [2.05, 4.69) is 51.2 Å². The maximum absolute atomic E-state index is 6.17. The third-order valence-electron chi connectivity index (χ3n) is 3.62. The summed E-state index contributed by atoms with van der Waals surface area (Å²) in [5, 5.41) is 10.2. The lowest BCUT2D eigenvalue weighted by atomic mass is 10.1. The van der Waals surface area contributed by atoms with E-state index in [1.165, 1.54) is 5.69 Å². The zero-order valence-corrected chi connectivity index (χ0v) is 11.0. The van der Waals surface area contributed by atoms with Crippen molar-refractivity contribution in [3.05, 3.63) is 30.3 Å². The summed E-state index contributed by atoms with van der Waals surface area (Å²) in [4.78, 5) is 2.42. The van der Waals surface area contributed by atoms with Gasteiger partial charge in [0.25, 0.3) is 0 Å². The molecule has 2 heterocycles. The molecule has 1 aromatic rings. The van der Waals surface area contributed by atoms with Crippen LogP contribution in [0.5, 0.6) is 0 Å². The molecular formula is C13H19ClN4. The Morgan fingerprint density at radius 1 is 1.17 bits per heavy atom. The highest BCUT2D eigenvalue weighted by molar-refractivity contribution is 6.20. The van der Waals surface area contributed by atoms with Crippen molar-refractivity contribution in [1.82, 2.24) is 16.0 Å². The van der Waals surface area contributed by atoms with Gasteiger partial charge in [-0.1, -0.05) is 29.8 Å². The molecule has 0 amide bonds. The molecule has 98 valence electrons. The standard InChI is InChI=1S/C13H19ClN4/c14-13-16-9-11-12(17-13)18(8-4-7-15-11)10-5-2-1-3-6-10/h1-3,5-6,11-13,15-17H,4,7-9H2. The van der Waals surface area contributed by atoms with Gasteiger partial charge < -0.3 is 10.2 Å². The third kappa shape index (κ3) is 2.47. The van der Waals surface area contributed by atoms with Crippen LogP contribution in [0, 0.1) is 0 Å². The number of nitrogens with one attached hydrogen (secondary N) is 3. The molecule has 2 saturated heterocycles. The van der Waals surface area contributed by atoms with Crippen LogP contribution in [0.4, 0.5) is 5.69 Å². The summed E-state index contributed by atoms with van der Waals surface area (Å²) in [6.45, 7) is 3.00. The number of alkyl halides is 1. The van der Waals surface area contributed by atoms with Gasteiger partial charge in [-0.25, -0.2) is 0 Å². The van der Waals surface area contributed by atoms with Crippen molar-refractivity contribution < 1.29 is 0 Å². The molecule has 0 bridgehead atoms. The zero-order valence-electron chi connectivity index (χ0n) is 10.3. The first-order valence-corrected chi connectivity index (χ1v) is 6.97. The van der Waals surface area contributed by atoms with E-state index in [0.717, 1.165) is 26.1 Å². The molecule has 0 saturated carbocycles. The largest absolute Gasteiger partial charge is 0.354 e. The van der Waals surface area contributed by atoms with E-state index in [1.807, 2.05) is 0 Å². The van der Waals surface area contributed by atoms with E-state index >= 15 is 0 Å². The van der Waals surface area contributed by atoms with Crippen LogP contribution in [-0.4, -0.2) is 37.5 Å². The minimum atomic E-state index is -0.155. The van der Waals surface area contributed by atoms with Crippen molar-refractivity contribution in [3.63, 3.8) is 0 Å². The number of hydrogen-bond donors (Lipinski definition) is 3. The van der Waals surface area contributed by atoms with Gasteiger partial charge in [-0.2, -0.15) is 0 Å². The Kier molecular flexibility index (Phi) is 3.70. The molecule has 2 aliphatic heterocycles. The molecule has 4 nitrogen and oxygen atoms in total. The number of fused-ring (bicyclic) bond motifs is 1. The molecule has 0 aromatic heterocycles. The highest BCUT2D eigenvalue weighted by Crippen LogP contribution is 2.21. The molecule has 0 radical (unpaired) electrons. The Morgan fingerprint density at radius 3 is 2.83 bits per heavy atom. The van der Waals surface area contributed by atoms with Gasteiger partial charge in [0.15, 0.2) is 0 Å². The fraction of sp³-hybridized carbons (Fsp3) is 0.538. The second-order valence-corrected chi connectivity index (χ2v) is 5.26. The van der Waals surface area contributed by atoms with Gasteiger partial charge in [-0.3, -0.25) is 10.6 Å². The SMILES string of the molecule is ClC1NCC2NCCCN(c3ccccc3)C2N1. The van der Waals surface area contributed by atoms with Crippen molar-refractivity contribution in [3.8, 4) is 0 Å². The van der Waals surface area contributed by atoms with Gasteiger partial charge >= 0.3 is 0 Å². The molecule has 3 rings (SSSR count). The molecular weight excluding hydrogens is 248 g/mol. The number of rotatable bonds is 1. The summed E-state index contributed by atoms with van der Waals surface area (Å²) in [5.41, 5.74) is 1.10. The minimum Gasteiger partial charge on any atom is -0.354 e. The lowest BCUT2D eigenvalue weighted by Gasteiger charge is -2.42. The Labute approximate surface area is 113 Å². The lowest BCUT2D eigenvalue weighted by Crippen LogP contribution is -2.67. The molecule has 2 aliphatic rings. The number of halogens is 1. The molecule has 3 N–H and O–H groups in total. The lowest BCUT2D eigenvalue weighted by molar-refractivity contribution is 0.289. The molecule has 18 heavy (non-hydrogen) atoms. The fourth-order valence-electron chi connectivity index (χ4n) is 2.74. The summed E-state index contributed by atoms with van der Waals surface area (Å²) < 4.78 is 0. The normalized spacial score (nSPS) is 32.7. The van der Waals surface area contributed by atoms with Crippen molar-refractivity contribution in [2.45, 2.75) is 24.3 Å². The Morgan fingerprint density at radius 2 is 2.00 bits per heavy atom. The number of hydrogen-bond acceptors (Lipinski definition) is 4. The average molecular weight is 267 g/mol. The van der Waals surface area contributed by atoms with Crippen molar-refractivity contribution in [2.75, 3.05) is 24.5 Å². The van der Waals surface area contributed by atoms with Gasteiger partial charge in [0.2, 0.25) is 0 Å². The second-order valence-electron chi connectivity index (χ2n) is 4.83. The van der Waals surface area contributed by atoms with E-state index in [0.29, 0.717) is 6.04 Å². The van der Waals surface area contributed by atoms with Gasteiger partial charge in [-0.05, 0) is 25.1 Å². The molecule has 3 atom stereocenters. The number of nitrogens with zero attached hydrogens (tertiary/aromatic N) is 1. The maximum Gasteiger partial charge on any atom is 0.136 e. The maximum atomic E-state index is 6.17. The van der Waals surface area contributed by atoms with E-state index in [4.69, 9.17) is 11.6 Å². The van der Waals surface area contributed by atoms with Crippen molar-refractivity contribution in [1.29, 1.82) is 0 Å². The Hall–Kier alpha value is -0.810. The first kappa shape index (κ1) is 12.2. The van der Waals surface area contributed by atoms with Crippen LogP contribution in [0.15, 0.2) is 30.3 Å². The first-order valence-electron chi connectivity index (χ1n) is 6.53. The predicted octanol–water partition coefficient (Wildman–Crippen LogP) is 0.896. The van der Waals surface area contributed by atoms with Crippen LogP contribution >= 0.6 is 11.6 Å². The van der Waals surface area contributed by atoms with Crippen LogP contribution in [0.1, 0.15) is 6.42 Å². The van der Waals surface area contributed by atoms with Crippen LogP contribution < -0.4 is 20.9 Å². The van der Waals surface area contributed by atoms with Gasteiger partial charge in [0.05, 0.1) is 12.2 Å². The molecule has 0 aliphatic carbocycles. The number of benzene rings is 1. The van der Waals surface area contributed by atoms with Gasteiger partial charge in [0.1, 0.15) is 5.62 Å². The molecule has 0 spiro atoms. The predicted molar refractivity (Wildman–Crippen MR) is 74.8 cm³/mol. The first-order chi connectivity index (χ1) is 8.84. The van der Waals surface area contributed by atoms with E-state index < -0.39 is 0 Å². The minimum absolute atomic E-state index is 0.155. The topological polar surface area (TPSA) is 39.3 Å². The highest BCUT2D eigenvalue weighted by Gasteiger charge is 2.34. The van der Waals surface area contributed by atoms with Crippen LogP contribution in [0.25, 0.3) is 0 Å². The molecule has 5 heteroatoms. The van der Waals surface area contributed by atoms with E-state index in [9.17, 15) is 0 Å². The van der Waals surface area contributed by atoms with Gasteiger partial charge in [-0.15, -0.1) is 0 Å². The smallest absolute Gasteiger partial charge is 0.136 e. The molecule has 1 aromatic carbocycles. The second kappa shape index (κ2) is 5.45. The summed E-state index contributed by atoms with van der Waals surface area (Å²) in [6.07, 6.45) is 1.40. The Balaban J connectivity index is 1.86. The summed E-state index contributed by atoms with van der Waals surface area (Å²) in [6, 6.07) is 10.9. The van der Waals surface area contributed by atoms with Crippen molar-refractivity contribution >= 4 is 17.3 Å². The third-order valence-corrected chi connectivity index (χ3v) is 3.90. The molecule has 3 unspecified atom stereocenters. The van der Waals surface area contributed by atoms with Crippen LogP contribution in [0.2, 0.25) is 0 Å². The monoisotopic (exact) mass is 266 g/mol. The molecule has 2 fully saturated rings. The number of para-hydroxylation sites is 1. The Bertz CT molecular complexity index is 386. The van der Waals surface area contributed by atoms with Crippen LogP contribution in [-0.2, 0) is 0 Å².